The summed E-state index contributed by atoms with van der Waals surface area (Å²) >= 11 is 0. The average Bonchev–Trinajstić information content (AvgIpc) is 2.59. The summed E-state index contributed by atoms with van der Waals surface area (Å²) in [5, 5.41) is 2.78. The summed E-state index contributed by atoms with van der Waals surface area (Å²) in [5.74, 6) is 0.709. The first-order chi connectivity index (χ1) is 6.70. The highest BCUT2D eigenvalue weighted by Crippen LogP contribution is 2.31. The van der Waals surface area contributed by atoms with E-state index in [-0.39, 0.29) is 0 Å². The van der Waals surface area contributed by atoms with E-state index in [2.05, 4.69) is 5.32 Å². The lowest BCUT2D eigenvalue weighted by atomic mass is 10.1. The maximum absolute atomic E-state index is 12.4. The third-order valence-corrected chi connectivity index (χ3v) is 2.40. The molecule has 0 radical (unpaired) electrons. The topological polar surface area (TPSA) is 21.3 Å². The monoisotopic (exact) mass is 199 g/mol. The Balaban J connectivity index is 2.22. The predicted molar refractivity (Wildman–Crippen MR) is 50.1 cm³/mol. The Morgan fingerprint density at radius 3 is 2.93 bits per heavy atom. The molecule has 0 bridgehead atoms. The number of ether oxygens (including phenoxy) is 1. The van der Waals surface area contributed by atoms with Crippen LogP contribution in [0.15, 0.2) is 18.2 Å². The summed E-state index contributed by atoms with van der Waals surface area (Å²) in [7, 11) is 1.56. The van der Waals surface area contributed by atoms with Gasteiger partial charge in [-0.25, -0.2) is 8.78 Å². The second-order valence-electron chi connectivity index (χ2n) is 3.31. The molecule has 0 amide bonds. The molecule has 1 aromatic carbocycles. The van der Waals surface area contributed by atoms with Gasteiger partial charge in [0, 0.05) is 12.1 Å². The molecule has 1 N–H and O–H groups in total. The van der Waals surface area contributed by atoms with E-state index in [1.54, 1.807) is 25.3 Å². The van der Waals surface area contributed by atoms with Gasteiger partial charge in [0.05, 0.1) is 13.2 Å². The number of rotatable bonds is 2. The summed E-state index contributed by atoms with van der Waals surface area (Å²) in [6.07, 6.45) is -1.96. The molecule has 1 aromatic rings. The normalized spacial score (nSPS) is 19.3. The van der Waals surface area contributed by atoms with Gasteiger partial charge in [-0.3, -0.25) is 0 Å². The molecule has 2 rings (SSSR count). The first kappa shape index (κ1) is 9.24. The second-order valence-corrected chi connectivity index (χ2v) is 3.31. The lowest BCUT2D eigenvalue weighted by Gasteiger charge is -2.08. The molecule has 1 heterocycles. The van der Waals surface area contributed by atoms with Crippen LogP contribution in [0.2, 0.25) is 0 Å². The molecule has 1 atom stereocenters. The maximum atomic E-state index is 12.4. The molecule has 0 spiro atoms. The van der Waals surface area contributed by atoms with Crippen molar-refractivity contribution >= 4 is 5.69 Å². The zero-order chi connectivity index (χ0) is 10.1. The SMILES string of the molecule is COc1ccc2c(c1)CC(C(F)F)N2. The van der Waals surface area contributed by atoms with Crippen LogP contribution >= 0.6 is 0 Å². The number of hydrogen-bond donors (Lipinski definition) is 1. The minimum atomic E-state index is -2.33. The fraction of sp³-hybridized carbons (Fsp3) is 0.400. The van der Waals surface area contributed by atoms with Crippen LogP contribution in [0, 0.1) is 0 Å². The lowest BCUT2D eigenvalue weighted by Crippen LogP contribution is -2.24. The summed E-state index contributed by atoms with van der Waals surface area (Å²) in [4.78, 5) is 0. The van der Waals surface area contributed by atoms with Gasteiger partial charge < -0.3 is 10.1 Å². The minimum Gasteiger partial charge on any atom is -0.497 e. The van der Waals surface area contributed by atoms with E-state index in [0.29, 0.717) is 12.2 Å². The van der Waals surface area contributed by atoms with Gasteiger partial charge in [0.2, 0.25) is 0 Å². The third-order valence-electron chi connectivity index (χ3n) is 2.40. The van der Waals surface area contributed by atoms with Gasteiger partial charge in [-0.1, -0.05) is 0 Å². The molecular formula is C10H11F2NO. The van der Waals surface area contributed by atoms with Crippen molar-refractivity contribution < 1.29 is 13.5 Å². The van der Waals surface area contributed by atoms with Gasteiger partial charge in [-0.05, 0) is 23.8 Å². The van der Waals surface area contributed by atoms with Crippen molar-refractivity contribution in [2.45, 2.75) is 18.9 Å². The van der Waals surface area contributed by atoms with Gasteiger partial charge in [0.1, 0.15) is 5.75 Å². The molecule has 0 saturated carbocycles. The Bertz CT molecular complexity index is 341. The molecule has 1 unspecified atom stereocenters. The van der Waals surface area contributed by atoms with Crippen molar-refractivity contribution in [3.05, 3.63) is 23.8 Å². The van der Waals surface area contributed by atoms with Crippen molar-refractivity contribution in [3.63, 3.8) is 0 Å². The molecule has 0 saturated heterocycles. The Morgan fingerprint density at radius 2 is 2.29 bits per heavy atom. The number of hydrogen-bond acceptors (Lipinski definition) is 2. The predicted octanol–water partition coefficient (Wildman–Crippen LogP) is 2.30. The van der Waals surface area contributed by atoms with Crippen LogP contribution < -0.4 is 10.1 Å². The van der Waals surface area contributed by atoms with Crippen molar-refractivity contribution in [1.82, 2.24) is 0 Å². The standard InChI is InChI=1S/C10H11F2NO/c1-14-7-2-3-8-6(4-7)5-9(13-8)10(11)12/h2-4,9-10,13H,5H2,1H3. The molecule has 76 valence electrons. The van der Waals surface area contributed by atoms with Gasteiger partial charge in [0.25, 0.3) is 6.43 Å². The van der Waals surface area contributed by atoms with Crippen molar-refractivity contribution in [2.24, 2.45) is 0 Å². The second kappa shape index (κ2) is 3.44. The third kappa shape index (κ3) is 1.52. The molecule has 2 nitrogen and oxygen atoms in total. The number of alkyl halides is 2. The molecule has 0 aromatic heterocycles. The first-order valence-corrected chi connectivity index (χ1v) is 4.42. The molecule has 0 fully saturated rings. The van der Waals surface area contributed by atoms with Gasteiger partial charge in [0.15, 0.2) is 0 Å². The van der Waals surface area contributed by atoms with E-state index in [1.807, 2.05) is 0 Å². The summed E-state index contributed by atoms with van der Waals surface area (Å²) in [6, 6.07) is 4.58. The largest absolute Gasteiger partial charge is 0.497 e. The van der Waals surface area contributed by atoms with Crippen LogP contribution in [-0.2, 0) is 6.42 Å². The zero-order valence-corrected chi connectivity index (χ0v) is 7.76. The highest BCUT2D eigenvalue weighted by atomic mass is 19.3. The van der Waals surface area contributed by atoms with E-state index in [1.165, 1.54) is 0 Å². The van der Waals surface area contributed by atoms with Crippen LogP contribution in [0.25, 0.3) is 0 Å². The highest BCUT2D eigenvalue weighted by Gasteiger charge is 2.27. The number of halogens is 2. The zero-order valence-electron chi connectivity index (χ0n) is 7.76. The molecule has 0 aliphatic carbocycles. The number of fused-ring (bicyclic) bond motifs is 1. The Hall–Kier alpha value is -1.32. The summed E-state index contributed by atoms with van der Waals surface area (Å²) in [6.45, 7) is 0. The fourth-order valence-electron chi connectivity index (χ4n) is 1.65. The van der Waals surface area contributed by atoms with E-state index >= 15 is 0 Å². The van der Waals surface area contributed by atoms with Crippen LogP contribution in [-0.4, -0.2) is 19.6 Å². The highest BCUT2D eigenvalue weighted by molar-refractivity contribution is 5.59. The number of nitrogens with one attached hydrogen (secondary N) is 1. The molecule has 4 heteroatoms. The van der Waals surface area contributed by atoms with Crippen LogP contribution in [0.1, 0.15) is 5.56 Å². The number of anilines is 1. The molecule has 1 aliphatic rings. The maximum Gasteiger partial charge on any atom is 0.258 e. The first-order valence-electron chi connectivity index (χ1n) is 4.42. The average molecular weight is 199 g/mol. The van der Waals surface area contributed by atoms with E-state index in [4.69, 9.17) is 4.74 Å². The fourth-order valence-corrected chi connectivity index (χ4v) is 1.65. The van der Waals surface area contributed by atoms with E-state index in [9.17, 15) is 8.78 Å². The number of methoxy groups -OCH3 is 1. The Morgan fingerprint density at radius 1 is 1.50 bits per heavy atom. The minimum absolute atomic E-state index is 0.365. The molecule has 1 aliphatic heterocycles. The van der Waals surface area contributed by atoms with Crippen molar-refractivity contribution in [2.75, 3.05) is 12.4 Å². The van der Waals surface area contributed by atoms with Crippen molar-refractivity contribution in [1.29, 1.82) is 0 Å². The summed E-state index contributed by atoms with van der Waals surface area (Å²) < 4.78 is 29.8. The Labute approximate surface area is 80.9 Å². The summed E-state index contributed by atoms with van der Waals surface area (Å²) in [5.41, 5.74) is 1.69. The van der Waals surface area contributed by atoms with Crippen LogP contribution in [0.4, 0.5) is 14.5 Å². The van der Waals surface area contributed by atoms with Crippen LogP contribution in [0.5, 0.6) is 5.75 Å². The Kier molecular flexibility index (Phi) is 2.27. The lowest BCUT2D eigenvalue weighted by molar-refractivity contribution is 0.126. The molecule has 14 heavy (non-hydrogen) atoms. The number of benzene rings is 1. The van der Waals surface area contributed by atoms with Crippen LogP contribution in [0.3, 0.4) is 0 Å². The van der Waals surface area contributed by atoms with E-state index < -0.39 is 12.5 Å². The molecular weight excluding hydrogens is 188 g/mol. The van der Waals surface area contributed by atoms with Crippen molar-refractivity contribution in [3.8, 4) is 5.75 Å². The van der Waals surface area contributed by atoms with Gasteiger partial charge in [-0.15, -0.1) is 0 Å². The van der Waals surface area contributed by atoms with E-state index in [0.717, 1.165) is 11.3 Å². The quantitative estimate of drug-likeness (QED) is 0.789. The van der Waals surface area contributed by atoms with Gasteiger partial charge >= 0.3 is 0 Å². The van der Waals surface area contributed by atoms with Gasteiger partial charge in [-0.2, -0.15) is 0 Å². The smallest absolute Gasteiger partial charge is 0.258 e.